The topological polar surface area (TPSA) is 67.9 Å². The first kappa shape index (κ1) is 24.3. The van der Waals surface area contributed by atoms with E-state index in [0.29, 0.717) is 35.8 Å². The van der Waals surface area contributed by atoms with E-state index in [9.17, 15) is 9.59 Å². The summed E-state index contributed by atoms with van der Waals surface area (Å²) in [6, 6.07) is 20.8. The van der Waals surface area contributed by atoms with Gasteiger partial charge >= 0.3 is 0 Å². The fourth-order valence-electron chi connectivity index (χ4n) is 4.42. The molecule has 3 aromatic rings. The Balaban J connectivity index is 1.53. The van der Waals surface area contributed by atoms with Gasteiger partial charge in [0.15, 0.2) is 11.5 Å². The molecule has 0 unspecified atom stereocenters. The summed E-state index contributed by atoms with van der Waals surface area (Å²) < 4.78 is 11.4. The maximum absolute atomic E-state index is 13.1. The quantitative estimate of drug-likeness (QED) is 0.482. The van der Waals surface area contributed by atoms with E-state index in [4.69, 9.17) is 9.47 Å². The Morgan fingerprint density at radius 3 is 2.40 bits per heavy atom. The molecule has 182 valence electrons. The molecule has 1 aliphatic heterocycles. The van der Waals surface area contributed by atoms with Crippen LogP contribution in [0.15, 0.2) is 66.7 Å². The lowest BCUT2D eigenvalue weighted by molar-refractivity contribution is 0.0724. The molecule has 1 N–H and O–H groups in total. The summed E-state index contributed by atoms with van der Waals surface area (Å²) >= 11 is 0. The Morgan fingerprint density at radius 1 is 0.914 bits per heavy atom. The SMILES string of the molecule is CCOc1cc(C(=O)NCc2cccc(C(=O)N3CCCCC3)c2)cc(-c2ccccc2)c1OC. The predicted octanol–water partition coefficient (Wildman–Crippen LogP) is 5.32. The molecule has 1 fully saturated rings. The van der Waals surface area contributed by atoms with Crippen molar-refractivity contribution >= 4 is 11.8 Å². The van der Waals surface area contributed by atoms with Crippen molar-refractivity contribution in [1.82, 2.24) is 10.2 Å². The Bertz CT molecular complexity index is 1170. The normalized spacial score (nSPS) is 13.3. The lowest BCUT2D eigenvalue weighted by Crippen LogP contribution is -2.35. The molecule has 0 saturated carbocycles. The zero-order chi connectivity index (χ0) is 24.6. The van der Waals surface area contributed by atoms with Gasteiger partial charge in [-0.05, 0) is 61.6 Å². The van der Waals surface area contributed by atoms with Gasteiger partial charge in [0.25, 0.3) is 11.8 Å². The van der Waals surface area contributed by atoms with Crippen LogP contribution in [-0.2, 0) is 6.54 Å². The van der Waals surface area contributed by atoms with E-state index in [2.05, 4.69) is 5.32 Å². The van der Waals surface area contributed by atoms with Crippen molar-refractivity contribution in [2.45, 2.75) is 32.7 Å². The number of carbonyl (C=O) groups is 2. The molecule has 0 bridgehead atoms. The molecule has 6 nitrogen and oxygen atoms in total. The lowest BCUT2D eigenvalue weighted by atomic mass is 10.0. The first-order chi connectivity index (χ1) is 17.1. The monoisotopic (exact) mass is 472 g/mol. The molecule has 0 atom stereocenters. The second-order valence-corrected chi connectivity index (χ2v) is 8.59. The molecule has 0 aliphatic carbocycles. The third-order valence-corrected chi connectivity index (χ3v) is 6.18. The Kier molecular flexibility index (Phi) is 8.03. The van der Waals surface area contributed by atoms with E-state index in [1.54, 1.807) is 13.2 Å². The molecule has 6 heteroatoms. The molecule has 3 aromatic carbocycles. The number of piperidine rings is 1. The van der Waals surface area contributed by atoms with Crippen LogP contribution in [0.4, 0.5) is 0 Å². The highest BCUT2D eigenvalue weighted by Crippen LogP contribution is 2.39. The first-order valence-electron chi connectivity index (χ1n) is 12.2. The van der Waals surface area contributed by atoms with Crippen molar-refractivity contribution in [3.63, 3.8) is 0 Å². The number of methoxy groups -OCH3 is 1. The maximum Gasteiger partial charge on any atom is 0.253 e. The number of nitrogens with zero attached hydrogens (tertiary/aromatic N) is 1. The fraction of sp³-hybridized carbons (Fsp3) is 0.310. The molecule has 35 heavy (non-hydrogen) atoms. The largest absolute Gasteiger partial charge is 0.492 e. The summed E-state index contributed by atoms with van der Waals surface area (Å²) in [7, 11) is 1.60. The van der Waals surface area contributed by atoms with E-state index in [0.717, 1.165) is 42.6 Å². The number of amides is 2. The van der Waals surface area contributed by atoms with Crippen LogP contribution in [-0.4, -0.2) is 43.5 Å². The Labute approximate surface area is 206 Å². The first-order valence-corrected chi connectivity index (χ1v) is 12.2. The van der Waals surface area contributed by atoms with Crippen LogP contribution in [0, 0.1) is 0 Å². The van der Waals surface area contributed by atoms with Gasteiger partial charge in [-0.2, -0.15) is 0 Å². The second-order valence-electron chi connectivity index (χ2n) is 8.59. The van der Waals surface area contributed by atoms with Crippen LogP contribution in [0.1, 0.15) is 52.5 Å². The predicted molar refractivity (Wildman–Crippen MR) is 137 cm³/mol. The summed E-state index contributed by atoms with van der Waals surface area (Å²) in [5.74, 6) is 0.953. The van der Waals surface area contributed by atoms with Gasteiger partial charge < -0.3 is 19.7 Å². The molecule has 1 heterocycles. The van der Waals surface area contributed by atoms with Crippen LogP contribution in [0.25, 0.3) is 11.1 Å². The molecule has 1 aliphatic rings. The van der Waals surface area contributed by atoms with E-state index >= 15 is 0 Å². The number of hydrogen-bond acceptors (Lipinski definition) is 4. The Hall–Kier alpha value is -3.80. The third kappa shape index (κ3) is 5.83. The zero-order valence-corrected chi connectivity index (χ0v) is 20.4. The third-order valence-electron chi connectivity index (χ3n) is 6.18. The average Bonchev–Trinajstić information content (AvgIpc) is 2.92. The smallest absolute Gasteiger partial charge is 0.253 e. The van der Waals surface area contributed by atoms with Gasteiger partial charge in [-0.15, -0.1) is 0 Å². The van der Waals surface area contributed by atoms with Crippen molar-refractivity contribution < 1.29 is 19.1 Å². The number of nitrogens with one attached hydrogen (secondary N) is 1. The lowest BCUT2D eigenvalue weighted by Gasteiger charge is -2.26. The minimum absolute atomic E-state index is 0.0573. The molecule has 4 rings (SSSR count). The van der Waals surface area contributed by atoms with Gasteiger partial charge in [-0.3, -0.25) is 9.59 Å². The van der Waals surface area contributed by atoms with Crippen molar-refractivity contribution in [1.29, 1.82) is 0 Å². The highest BCUT2D eigenvalue weighted by Gasteiger charge is 2.20. The van der Waals surface area contributed by atoms with E-state index in [-0.39, 0.29) is 11.8 Å². The van der Waals surface area contributed by atoms with Gasteiger partial charge in [0.1, 0.15) is 0 Å². The summed E-state index contributed by atoms with van der Waals surface area (Å²) in [6.07, 6.45) is 3.29. The number of benzene rings is 3. The standard InChI is InChI=1S/C29H32N2O4/c1-3-35-26-19-24(18-25(27(26)34-2)22-12-6-4-7-13-22)28(32)30-20-21-11-10-14-23(17-21)29(33)31-15-8-5-9-16-31/h4,6-7,10-14,17-19H,3,5,8-9,15-16,20H2,1-2H3,(H,30,32). The number of likely N-dealkylation sites (tertiary alicyclic amines) is 1. The molecule has 0 spiro atoms. The fourth-order valence-corrected chi connectivity index (χ4v) is 4.42. The van der Waals surface area contributed by atoms with Crippen molar-refractivity contribution in [3.05, 3.63) is 83.4 Å². The van der Waals surface area contributed by atoms with Crippen molar-refractivity contribution in [2.75, 3.05) is 26.8 Å². The van der Waals surface area contributed by atoms with Crippen molar-refractivity contribution in [3.8, 4) is 22.6 Å². The van der Waals surface area contributed by atoms with Crippen LogP contribution < -0.4 is 14.8 Å². The molecule has 2 amide bonds. The van der Waals surface area contributed by atoms with Gasteiger partial charge in [-0.1, -0.05) is 42.5 Å². The van der Waals surface area contributed by atoms with Gasteiger partial charge in [0, 0.05) is 36.3 Å². The highest BCUT2D eigenvalue weighted by atomic mass is 16.5. The average molecular weight is 473 g/mol. The Morgan fingerprint density at radius 2 is 1.69 bits per heavy atom. The minimum Gasteiger partial charge on any atom is -0.492 e. The second kappa shape index (κ2) is 11.6. The van der Waals surface area contributed by atoms with Crippen LogP contribution >= 0.6 is 0 Å². The summed E-state index contributed by atoms with van der Waals surface area (Å²) in [5.41, 5.74) is 3.74. The minimum atomic E-state index is -0.224. The number of rotatable bonds is 8. The summed E-state index contributed by atoms with van der Waals surface area (Å²) in [5, 5.41) is 2.99. The molecular weight excluding hydrogens is 440 g/mol. The van der Waals surface area contributed by atoms with Crippen LogP contribution in [0.5, 0.6) is 11.5 Å². The summed E-state index contributed by atoms with van der Waals surface area (Å²) in [4.78, 5) is 27.9. The van der Waals surface area contributed by atoms with Gasteiger partial charge in [0.2, 0.25) is 0 Å². The molecule has 0 aromatic heterocycles. The van der Waals surface area contributed by atoms with Gasteiger partial charge in [0.05, 0.1) is 13.7 Å². The van der Waals surface area contributed by atoms with Gasteiger partial charge in [-0.25, -0.2) is 0 Å². The van der Waals surface area contributed by atoms with Crippen LogP contribution in [0.3, 0.4) is 0 Å². The molecule has 0 radical (unpaired) electrons. The van der Waals surface area contributed by atoms with Crippen molar-refractivity contribution in [2.24, 2.45) is 0 Å². The molecular formula is C29H32N2O4. The van der Waals surface area contributed by atoms with E-state index in [1.165, 1.54) is 6.42 Å². The summed E-state index contributed by atoms with van der Waals surface area (Å²) in [6.45, 7) is 4.28. The zero-order valence-electron chi connectivity index (χ0n) is 20.4. The van der Waals surface area contributed by atoms with E-state index in [1.807, 2.05) is 72.5 Å². The maximum atomic E-state index is 13.1. The van der Waals surface area contributed by atoms with E-state index < -0.39 is 0 Å². The van der Waals surface area contributed by atoms with Crippen LogP contribution in [0.2, 0.25) is 0 Å². The number of hydrogen-bond donors (Lipinski definition) is 1. The number of carbonyl (C=O) groups excluding carboxylic acids is 2. The molecule has 1 saturated heterocycles. The highest BCUT2D eigenvalue weighted by molar-refractivity contribution is 5.97. The number of ether oxygens (including phenoxy) is 2.